The average molecular weight is 183 g/mol. The monoisotopic (exact) mass is 183 g/mol. The van der Waals surface area contributed by atoms with Crippen LogP contribution >= 0.6 is 0 Å². The highest BCUT2D eigenvalue weighted by Gasteiger charge is 2.04. The van der Waals surface area contributed by atoms with Crippen LogP contribution in [0.1, 0.15) is 11.3 Å². The number of nitrogen functional groups attached to an aromatic ring is 1. The molecule has 0 radical (unpaired) electrons. The van der Waals surface area contributed by atoms with Crippen molar-refractivity contribution in [2.75, 3.05) is 5.73 Å². The molecule has 1 heterocycles. The van der Waals surface area contributed by atoms with E-state index in [1.54, 1.807) is 6.07 Å². The summed E-state index contributed by atoms with van der Waals surface area (Å²) in [5, 5.41) is 9.75. The molecule has 0 aliphatic rings. The second-order valence-electron chi connectivity index (χ2n) is 3.16. The average Bonchev–Trinajstić information content (AvgIpc) is 2.20. The lowest BCUT2D eigenvalue weighted by Gasteiger charge is -2.03. The van der Waals surface area contributed by atoms with Crippen molar-refractivity contribution in [1.29, 1.82) is 5.26 Å². The summed E-state index contributed by atoms with van der Waals surface area (Å²) in [5.74, 6) is 0. The molecule has 1 aromatic carbocycles. The van der Waals surface area contributed by atoms with E-state index >= 15 is 0 Å². The van der Waals surface area contributed by atoms with Crippen molar-refractivity contribution in [1.82, 2.24) is 4.98 Å². The van der Waals surface area contributed by atoms with Gasteiger partial charge in [0.05, 0.1) is 16.8 Å². The highest BCUT2D eigenvalue weighted by atomic mass is 14.7. The molecule has 0 fully saturated rings. The van der Waals surface area contributed by atoms with Crippen LogP contribution in [0.4, 0.5) is 5.69 Å². The van der Waals surface area contributed by atoms with E-state index in [0.717, 1.165) is 11.1 Å². The maximum Gasteiger partial charge on any atom is 0.101 e. The van der Waals surface area contributed by atoms with Gasteiger partial charge in [-0.3, -0.25) is 4.98 Å². The number of nitrogens with zero attached hydrogens (tertiary/aromatic N) is 2. The lowest BCUT2D eigenvalue weighted by atomic mass is 10.1. The Hall–Kier alpha value is -2.08. The van der Waals surface area contributed by atoms with E-state index in [2.05, 4.69) is 4.98 Å². The highest BCUT2D eigenvalue weighted by Crippen LogP contribution is 2.22. The van der Waals surface area contributed by atoms with Crippen molar-refractivity contribution >= 4 is 16.6 Å². The zero-order valence-electron chi connectivity index (χ0n) is 7.78. The van der Waals surface area contributed by atoms with Gasteiger partial charge in [-0.15, -0.1) is 0 Å². The van der Waals surface area contributed by atoms with Gasteiger partial charge in [-0.2, -0.15) is 5.26 Å². The van der Waals surface area contributed by atoms with Gasteiger partial charge in [-0.05, 0) is 19.1 Å². The van der Waals surface area contributed by atoms with Gasteiger partial charge in [0.1, 0.15) is 6.07 Å². The van der Waals surface area contributed by atoms with Gasteiger partial charge in [0, 0.05) is 11.1 Å². The molecule has 3 heteroatoms. The Bertz CT molecular complexity index is 538. The number of rotatable bonds is 0. The molecule has 0 aliphatic carbocycles. The number of anilines is 1. The Balaban J connectivity index is 2.88. The molecule has 0 spiro atoms. The molecule has 0 atom stereocenters. The summed E-state index contributed by atoms with van der Waals surface area (Å²) in [4.78, 5) is 4.31. The van der Waals surface area contributed by atoms with Gasteiger partial charge in [-0.25, -0.2) is 0 Å². The van der Waals surface area contributed by atoms with Crippen molar-refractivity contribution in [3.05, 3.63) is 35.5 Å². The first-order valence-electron chi connectivity index (χ1n) is 4.28. The molecule has 0 saturated carbocycles. The first-order valence-corrected chi connectivity index (χ1v) is 4.28. The van der Waals surface area contributed by atoms with Gasteiger partial charge in [0.25, 0.3) is 0 Å². The molecule has 2 aromatic rings. The molecule has 0 amide bonds. The summed E-state index contributed by atoms with van der Waals surface area (Å²) >= 11 is 0. The first-order chi connectivity index (χ1) is 6.72. The molecule has 2 rings (SSSR count). The summed E-state index contributed by atoms with van der Waals surface area (Å²) in [6, 6.07) is 9.49. The zero-order valence-corrected chi connectivity index (χ0v) is 7.78. The predicted molar refractivity (Wildman–Crippen MR) is 55.6 cm³/mol. The van der Waals surface area contributed by atoms with Gasteiger partial charge in [0.2, 0.25) is 0 Å². The Kier molecular flexibility index (Phi) is 1.83. The Morgan fingerprint density at radius 2 is 2.00 bits per heavy atom. The fraction of sp³-hybridized carbons (Fsp3) is 0.0909. The molecule has 1 aromatic heterocycles. The molecule has 0 saturated heterocycles. The van der Waals surface area contributed by atoms with Crippen molar-refractivity contribution in [3.63, 3.8) is 0 Å². The van der Waals surface area contributed by atoms with E-state index in [1.165, 1.54) is 0 Å². The fourth-order valence-electron chi connectivity index (χ4n) is 1.41. The largest absolute Gasteiger partial charge is 0.396 e. The van der Waals surface area contributed by atoms with E-state index < -0.39 is 0 Å². The number of hydrogen-bond donors (Lipinski definition) is 1. The maximum absolute atomic E-state index is 8.79. The minimum Gasteiger partial charge on any atom is -0.396 e. The third kappa shape index (κ3) is 1.17. The van der Waals surface area contributed by atoms with Crippen molar-refractivity contribution in [2.24, 2.45) is 0 Å². The smallest absolute Gasteiger partial charge is 0.101 e. The molecule has 68 valence electrons. The number of pyridine rings is 1. The number of aromatic nitrogens is 1. The topological polar surface area (TPSA) is 62.7 Å². The lowest BCUT2D eigenvalue weighted by molar-refractivity contribution is 1.25. The number of fused-ring (bicyclic) bond motifs is 1. The minimum absolute atomic E-state index is 0.466. The van der Waals surface area contributed by atoms with Crippen LogP contribution in [-0.4, -0.2) is 4.98 Å². The lowest BCUT2D eigenvalue weighted by Crippen LogP contribution is -1.94. The quantitative estimate of drug-likeness (QED) is 0.635. The van der Waals surface area contributed by atoms with Crippen molar-refractivity contribution in [2.45, 2.75) is 6.92 Å². The van der Waals surface area contributed by atoms with Crippen LogP contribution in [0.5, 0.6) is 0 Å². The van der Waals surface area contributed by atoms with E-state index in [1.807, 2.05) is 31.2 Å². The van der Waals surface area contributed by atoms with Gasteiger partial charge >= 0.3 is 0 Å². The van der Waals surface area contributed by atoms with Gasteiger partial charge in [-0.1, -0.05) is 12.1 Å². The molecule has 14 heavy (non-hydrogen) atoms. The van der Waals surface area contributed by atoms with E-state index in [9.17, 15) is 0 Å². The molecular formula is C11H9N3. The normalized spacial score (nSPS) is 10.0. The van der Waals surface area contributed by atoms with Crippen LogP contribution in [0.2, 0.25) is 0 Å². The zero-order chi connectivity index (χ0) is 10.1. The SMILES string of the molecule is Cc1ccc2ccc(C#N)c(N)c2n1. The summed E-state index contributed by atoms with van der Waals surface area (Å²) in [6.45, 7) is 1.90. The number of hydrogen-bond acceptors (Lipinski definition) is 3. The molecule has 0 unspecified atom stereocenters. The molecule has 0 aliphatic heterocycles. The number of nitriles is 1. The maximum atomic E-state index is 8.79. The van der Waals surface area contributed by atoms with Crippen LogP contribution in [0.3, 0.4) is 0 Å². The molecule has 0 bridgehead atoms. The van der Waals surface area contributed by atoms with Crippen LogP contribution in [0, 0.1) is 18.3 Å². The van der Waals surface area contributed by atoms with E-state index in [4.69, 9.17) is 11.0 Å². The Morgan fingerprint density at radius 3 is 2.71 bits per heavy atom. The summed E-state index contributed by atoms with van der Waals surface area (Å²) in [7, 11) is 0. The van der Waals surface area contributed by atoms with Crippen LogP contribution < -0.4 is 5.73 Å². The van der Waals surface area contributed by atoms with Crippen LogP contribution in [0.25, 0.3) is 10.9 Å². The van der Waals surface area contributed by atoms with Crippen LogP contribution in [-0.2, 0) is 0 Å². The fourth-order valence-corrected chi connectivity index (χ4v) is 1.41. The standard InChI is InChI=1S/C11H9N3/c1-7-2-3-8-4-5-9(6-12)10(13)11(8)14-7/h2-5H,13H2,1H3. The summed E-state index contributed by atoms with van der Waals surface area (Å²) < 4.78 is 0. The summed E-state index contributed by atoms with van der Waals surface area (Å²) in [5.41, 5.74) is 8.38. The Morgan fingerprint density at radius 1 is 1.29 bits per heavy atom. The van der Waals surface area contributed by atoms with Crippen molar-refractivity contribution < 1.29 is 0 Å². The van der Waals surface area contributed by atoms with Crippen LogP contribution in [0.15, 0.2) is 24.3 Å². The highest BCUT2D eigenvalue weighted by molar-refractivity contribution is 5.92. The Labute approximate surface area is 81.8 Å². The number of aryl methyl sites for hydroxylation is 1. The minimum atomic E-state index is 0.466. The first kappa shape index (κ1) is 8.52. The second kappa shape index (κ2) is 3.00. The van der Waals surface area contributed by atoms with E-state index in [-0.39, 0.29) is 0 Å². The van der Waals surface area contributed by atoms with E-state index in [0.29, 0.717) is 16.8 Å². The third-order valence-electron chi connectivity index (χ3n) is 2.16. The summed E-state index contributed by atoms with van der Waals surface area (Å²) in [6.07, 6.45) is 0. The van der Waals surface area contributed by atoms with Crippen molar-refractivity contribution in [3.8, 4) is 6.07 Å². The molecule has 3 nitrogen and oxygen atoms in total. The molecular weight excluding hydrogens is 174 g/mol. The van der Waals surface area contributed by atoms with Gasteiger partial charge < -0.3 is 5.73 Å². The number of benzene rings is 1. The number of nitrogens with two attached hydrogens (primary N) is 1. The second-order valence-corrected chi connectivity index (χ2v) is 3.16. The predicted octanol–water partition coefficient (Wildman–Crippen LogP) is 2.00. The molecule has 2 N–H and O–H groups in total. The third-order valence-corrected chi connectivity index (χ3v) is 2.16. The van der Waals surface area contributed by atoms with Gasteiger partial charge in [0.15, 0.2) is 0 Å².